The minimum atomic E-state index is -4.56. The lowest BCUT2D eigenvalue weighted by Gasteiger charge is -2.27. The topological polar surface area (TPSA) is 236 Å². The molecular weight excluding hydrogens is 628 g/mol. The fourth-order valence-electron chi connectivity index (χ4n) is 4.48. The Morgan fingerprint density at radius 2 is 1.29 bits per heavy atom. The van der Waals surface area contributed by atoms with Crippen LogP contribution in [0.4, 0.5) is 5.69 Å². The summed E-state index contributed by atoms with van der Waals surface area (Å²) in [5.41, 5.74) is -1.89. The second kappa shape index (κ2) is 11.8. The number of aromatic nitrogens is 1. The monoisotopic (exact) mass is 648 g/mol. The molecule has 0 spiro atoms. The van der Waals surface area contributed by atoms with Crippen LogP contribution < -0.4 is 10.5 Å². The number of nitriles is 2. The summed E-state index contributed by atoms with van der Waals surface area (Å²) in [6.07, 6.45) is 3.75. The molecule has 0 saturated heterocycles. The van der Waals surface area contributed by atoms with Crippen LogP contribution in [0.2, 0.25) is 0 Å². The maximum absolute atomic E-state index is 13.4. The van der Waals surface area contributed by atoms with E-state index in [1.807, 2.05) is 0 Å². The van der Waals surface area contributed by atoms with Crippen LogP contribution in [-0.2, 0) is 29.8 Å². The van der Waals surface area contributed by atoms with E-state index in [4.69, 9.17) is 0 Å². The van der Waals surface area contributed by atoms with Crippen molar-refractivity contribution in [2.75, 3.05) is 4.90 Å². The molecule has 228 valence electrons. The van der Waals surface area contributed by atoms with E-state index >= 15 is 0 Å². The van der Waals surface area contributed by atoms with Crippen LogP contribution in [0.5, 0.6) is 5.88 Å². The van der Waals surface area contributed by atoms with Gasteiger partial charge in [0.05, 0.1) is 21.2 Å². The summed E-state index contributed by atoms with van der Waals surface area (Å²) in [4.78, 5) is 39.2. The average molecular weight is 649 g/mol. The molecule has 0 atom stereocenters. The van der Waals surface area contributed by atoms with Crippen LogP contribution in [0.3, 0.4) is 0 Å². The number of aromatic hydroxyl groups is 1. The van der Waals surface area contributed by atoms with Gasteiger partial charge in [0.2, 0.25) is 5.88 Å². The van der Waals surface area contributed by atoms with Crippen LogP contribution in [0, 0.1) is 29.6 Å². The molecule has 0 fully saturated rings. The molecule has 2 heterocycles. The molecule has 45 heavy (non-hydrogen) atoms. The molecule has 0 bridgehead atoms. The third-order valence-corrected chi connectivity index (χ3v) is 8.55. The standard InChI is InChI=1S/C29H20N4O10S2/c1-16-22(26(34)32(28(36)24(16)14-30)18-6-10-20(11-7-18)44(38,39)40)4-3-5-23-17(2)25(15-31)29(37)33(27(23)35)19-8-12-21(13-9-19)45(41,42)43/h3-13,34H,1-2H3,(H,38,39,40)(H,41,42,43)/b4-3+,23-5+. The number of imide groups is 1. The second-order valence-corrected chi connectivity index (χ2v) is 12.3. The summed E-state index contributed by atoms with van der Waals surface area (Å²) in [6, 6.07) is 11.9. The zero-order valence-corrected chi connectivity index (χ0v) is 24.8. The molecular formula is C29H20N4O10S2. The lowest BCUT2D eigenvalue weighted by molar-refractivity contribution is -0.122. The number of carbonyl (C=O) groups is 2. The molecule has 14 nitrogen and oxygen atoms in total. The van der Waals surface area contributed by atoms with Crippen LogP contribution in [0.1, 0.15) is 23.6 Å². The van der Waals surface area contributed by atoms with Crippen LogP contribution in [0.15, 0.2) is 92.0 Å². The minimum Gasteiger partial charge on any atom is -0.494 e. The molecule has 4 rings (SSSR count). The first-order valence-corrected chi connectivity index (χ1v) is 15.3. The summed E-state index contributed by atoms with van der Waals surface area (Å²) in [6.45, 7) is 2.75. The van der Waals surface area contributed by atoms with Crippen molar-refractivity contribution in [2.45, 2.75) is 23.6 Å². The van der Waals surface area contributed by atoms with Crippen molar-refractivity contribution >= 4 is 43.8 Å². The van der Waals surface area contributed by atoms with E-state index in [1.54, 1.807) is 12.1 Å². The van der Waals surface area contributed by atoms with Gasteiger partial charge in [0.15, 0.2) is 0 Å². The van der Waals surface area contributed by atoms with Crippen molar-refractivity contribution in [3.05, 3.63) is 104 Å². The van der Waals surface area contributed by atoms with Crippen molar-refractivity contribution in [3.63, 3.8) is 0 Å². The van der Waals surface area contributed by atoms with Gasteiger partial charge in [0.25, 0.3) is 37.6 Å². The molecule has 2 amide bonds. The summed E-state index contributed by atoms with van der Waals surface area (Å²) in [5, 5.41) is 30.4. The van der Waals surface area contributed by atoms with Gasteiger partial charge in [-0.2, -0.15) is 27.4 Å². The van der Waals surface area contributed by atoms with E-state index in [0.717, 1.165) is 53.1 Å². The molecule has 0 saturated carbocycles. The Labute approximate surface area is 255 Å². The Hall–Kier alpha value is -5.65. The van der Waals surface area contributed by atoms with Gasteiger partial charge < -0.3 is 5.11 Å². The molecule has 1 aromatic heterocycles. The molecule has 2 aromatic carbocycles. The molecule has 0 aliphatic carbocycles. The molecule has 1 aliphatic heterocycles. The normalized spacial score (nSPS) is 15.1. The summed E-state index contributed by atoms with van der Waals surface area (Å²) >= 11 is 0. The molecule has 1 aliphatic rings. The SMILES string of the molecule is CC1=C(C#N)C(=O)N(c2ccc(S(=O)(=O)O)cc2)C(=O)/C1=C/C=C/c1c(C)c(C#N)c(=O)n(-c2ccc(S(=O)(=O)O)cc2)c1O. The van der Waals surface area contributed by atoms with Crippen molar-refractivity contribution < 1.29 is 40.6 Å². The number of hydrogen-bond donors (Lipinski definition) is 3. The Balaban J connectivity index is 1.83. The second-order valence-electron chi connectivity index (χ2n) is 9.42. The maximum Gasteiger partial charge on any atom is 0.294 e. The molecule has 0 radical (unpaired) electrons. The molecule has 0 unspecified atom stereocenters. The number of benzene rings is 2. The minimum absolute atomic E-state index is 0.0190. The number of pyridine rings is 1. The van der Waals surface area contributed by atoms with Gasteiger partial charge in [-0.25, -0.2) is 9.47 Å². The fourth-order valence-corrected chi connectivity index (χ4v) is 5.44. The highest BCUT2D eigenvalue weighted by atomic mass is 32.2. The third-order valence-electron chi connectivity index (χ3n) is 6.81. The van der Waals surface area contributed by atoms with E-state index in [9.17, 15) is 56.0 Å². The first-order valence-electron chi connectivity index (χ1n) is 12.5. The van der Waals surface area contributed by atoms with Gasteiger partial charge in [-0.05, 0) is 85.7 Å². The van der Waals surface area contributed by atoms with Gasteiger partial charge in [0.1, 0.15) is 23.3 Å². The predicted molar refractivity (Wildman–Crippen MR) is 157 cm³/mol. The smallest absolute Gasteiger partial charge is 0.294 e. The summed E-state index contributed by atoms with van der Waals surface area (Å²) in [7, 11) is -9.11. The lowest BCUT2D eigenvalue weighted by Crippen LogP contribution is -2.42. The van der Waals surface area contributed by atoms with Gasteiger partial charge in [0, 0.05) is 11.1 Å². The van der Waals surface area contributed by atoms with Crippen molar-refractivity contribution in [2.24, 2.45) is 0 Å². The molecule has 3 aromatic rings. The van der Waals surface area contributed by atoms with Gasteiger partial charge in [-0.1, -0.05) is 6.08 Å². The summed E-state index contributed by atoms with van der Waals surface area (Å²) < 4.78 is 64.8. The van der Waals surface area contributed by atoms with Crippen LogP contribution in [0.25, 0.3) is 11.8 Å². The van der Waals surface area contributed by atoms with E-state index < -0.39 is 53.3 Å². The predicted octanol–water partition coefficient (Wildman–Crippen LogP) is 2.57. The van der Waals surface area contributed by atoms with Crippen LogP contribution in [-0.4, -0.2) is 47.4 Å². The first-order chi connectivity index (χ1) is 21.0. The number of rotatable bonds is 6. The number of amides is 2. The number of allylic oxidation sites excluding steroid dienone is 2. The highest BCUT2D eigenvalue weighted by Gasteiger charge is 2.36. The van der Waals surface area contributed by atoms with Gasteiger partial charge in [-0.15, -0.1) is 0 Å². The maximum atomic E-state index is 13.4. The Morgan fingerprint density at radius 3 is 1.76 bits per heavy atom. The highest BCUT2D eigenvalue weighted by Crippen LogP contribution is 2.31. The Morgan fingerprint density at radius 1 is 0.778 bits per heavy atom. The largest absolute Gasteiger partial charge is 0.494 e. The number of carbonyl (C=O) groups excluding carboxylic acids is 2. The van der Waals surface area contributed by atoms with Gasteiger partial charge >= 0.3 is 0 Å². The Bertz CT molecular complexity index is 2250. The zero-order valence-electron chi connectivity index (χ0n) is 23.2. The number of hydrogen-bond acceptors (Lipinski definition) is 10. The summed E-state index contributed by atoms with van der Waals surface area (Å²) in [5.74, 6) is -2.51. The fraction of sp³-hybridized carbons (Fsp3) is 0.0690. The van der Waals surface area contributed by atoms with Gasteiger partial charge in [-0.3, -0.25) is 23.5 Å². The third kappa shape index (κ3) is 5.94. The molecule has 3 N–H and O–H groups in total. The van der Waals surface area contributed by atoms with Crippen molar-refractivity contribution in [1.82, 2.24) is 4.57 Å². The molecule has 16 heteroatoms. The zero-order chi connectivity index (χ0) is 33.4. The van der Waals surface area contributed by atoms with E-state index in [-0.39, 0.29) is 44.8 Å². The number of nitrogens with zero attached hydrogens (tertiary/aromatic N) is 4. The Kier molecular flexibility index (Phi) is 8.46. The van der Waals surface area contributed by atoms with E-state index in [0.29, 0.717) is 4.90 Å². The lowest BCUT2D eigenvalue weighted by atomic mass is 9.94. The van der Waals surface area contributed by atoms with E-state index in [2.05, 4.69) is 0 Å². The quantitative estimate of drug-likeness (QED) is 0.199. The first kappa shape index (κ1) is 32.3. The van der Waals surface area contributed by atoms with Crippen LogP contribution >= 0.6 is 0 Å². The average Bonchev–Trinajstić information content (AvgIpc) is 2.96. The van der Waals surface area contributed by atoms with Crippen molar-refractivity contribution in [1.29, 1.82) is 10.5 Å². The van der Waals surface area contributed by atoms with E-state index in [1.165, 1.54) is 32.1 Å². The number of anilines is 1. The van der Waals surface area contributed by atoms with Crippen molar-refractivity contribution in [3.8, 4) is 23.7 Å². The highest BCUT2D eigenvalue weighted by molar-refractivity contribution is 7.86.